The molecule has 3 aromatic rings. The number of nitrogens with zero attached hydrogens (tertiary/aromatic N) is 1. The van der Waals surface area contributed by atoms with Crippen LogP contribution in [0, 0.1) is 4.77 Å². The molecule has 4 rings (SSSR count). The Hall–Kier alpha value is -2.29. The minimum atomic E-state index is -0.150. The minimum Gasteiger partial charge on any atom is -0.376 e. The van der Waals surface area contributed by atoms with Gasteiger partial charge in [0.05, 0.1) is 23.6 Å². The van der Waals surface area contributed by atoms with Crippen molar-refractivity contribution in [1.29, 1.82) is 0 Å². The Morgan fingerprint density at radius 2 is 2.07 bits per heavy atom. The number of carbonyl (C=O) groups excluding carboxylic acids is 1. The Morgan fingerprint density at radius 1 is 1.28 bits per heavy atom. The second kappa shape index (κ2) is 8.61. The van der Waals surface area contributed by atoms with Gasteiger partial charge in [0.1, 0.15) is 0 Å². The first-order valence-electron chi connectivity index (χ1n) is 9.42. The van der Waals surface area contributed by atoms with E-state index in [1.54, 1.807) is 18.2 Å². The van der Waals surface area contributed by atoms with Crippen LogP contribution in [0.5, 0.6) is 0 Å². The van der Waals surface area contributed by atoms with Gasteiger partial charge in [-0.2, -0.15) is 0 Å². The molecule has 1 aliphatic heterocycles. The van der Waals surface area contributed by atoms with Crippen molar-refractivity contribution in [2.75, 3.05) is 13.2 Å². The molecule has 1 aromatic heterocycles. The van der Waals surface area contributed by atoms with E-state index >= 15 is 0 Å². The van der Waals surface area contributed by atoms with Crippen molar-refractivity contribution in [2.24, 2.45) is 0 Å². The normalized spacial score (nSPS) is 16.2. The summed E-state index contributed by atoms with van der Waals surface area (Å²) in [4.78, 5) is 28.3. The maximum atomic E-state index is 12.9. The van der Waals surface area contributed by atoms with E-state index in [0.29, 0.717) is 34.3 Å². The van der Waals surface area contributed by atoms with E-state index in [4.69, 9.17) is 17.0 Å². The van der Waals surface area contributed by atoms with Crippen LogP contribution in [0.1, 0.15) is 28.8 Å². The van der Waals surface area contributed by atoms with Crippen molar-refractivity contribution in [3.63, 3.8) is 0 Å². The summed E-state index contributed by atoms with van der Waals surface area (Å²) < 4.78 is 8.24. The monoisotopic (exact) mass is 473 g/mol. The highest BCUT2D eigenvalue weighted by Gasteiger charge is 2.16. The van der Waals surface area contributed by atoms with Gasteiger partial charge in [-0.25, -0.2) is 0 Å². The van der Waals surface area contributed by atoms with E-state index in [1.807, 2.05) is 24.3 Å². The molecule has 2 heterocycles. The van der Waals surface area contributed by atoms with E-state index < -0.39 is 0 Å². The Kier molecular flexibility index (Phi) is 5.94. The van der Waals surface area contributed by atoms with Crippen LogP contribution < -0.4 is 10.9 Å². The highest BCUT2D eigenvalue weighted by Crippen LogP contribution is 2.16. The minimum absolute atomic E-state index is 0.111. The molecule has 0 aliphatic carbocycles. The van der Waals surface area contributed by atoms with Gasteiger partial charge in [-0.1, -0.05) is 28.1 Å². The Labute approximate surface area is 181 Å². The topological polar surface area (TPSA) is 76.1 Å². The third kappa shape index (κ3) is 4.49. The fourth-order valence-corrected chi connectivity index (χ4v) is 4.04. The molecule has 0 saturated carbocycles. The predicted octanol–water partition coefficient (Wildman–Crippen LogP) is 3.78. The van der Waals surface area contributed by atoms with E-state index in [0.717, 1.165) is 29.5 Å². The molecular formula is C21H20BrN3O3S. The molecule has 1 unspecified atom stereocenters. The number of amides is 1. The lowest BCUT2D eigenvalue weighted by molar-refractivity contribution is 0.0858. The Balaban J connectivity index is 1.51. The summed E-state index contributed by atoms with van der Waals surface area (Å²) in [6, 6.07) is 12.7. The SMILES string of the molecule is O=C(NCC1CCCO1)c1ccc(Cn2c(=S)[nH]c3ccc(Br)cc3c2=O)cc1. The summed E-state index contributed by atoms with van der Waals surface area (Å²) in [5.41, 5.74) is 2.02. The summed E-state index contributed by atoms with van der Waals surface area (Å²) in [5.74, 6) is -0.128. The highest BCUT2D eigenvalue weighted by atomic mass is 79.9. The molecule has 0 bridgehead atoms. The summed E-state index contributed by atoms with van der Waals surface area (Å²) in [5, 5.41) is 3.48. The molecule has 1 aliphatic rings. The predicted molar refractivity (Wildman–Crippen MR) is 118 cm³/mol. The maximum absolute atomic E-state index is 12.9. The molecule has 1 saturated heterocycles. The van der Waals surface area contributed by atoms with Crippen molar-refractivity contribution in [1.82, 2.24) is 14.9 Å². The molecule has 1 fully saturated rings. The molecule has 150 valence electrons. The quantitative estimate of drug-likeness (QED) is 0.552. The van der Waals surface area contributed by atoms with Crippen LogP contribution in [0.3, 0.4) is 0 Å². The number of aromatic nitrogens is 2. The van der Waals surface area contributed by atoms with Crippen LogP contribution in [0.2, 0.25) is 0 Å². The molecule has 8 heteroatoms. The summed E-state index contributed by atoms with van der Waals surface area (Å²) in [7, 11) is 0. The smallest absolute Gasteiger partial charge is 0.262 e. The number of nitrogens with one attached hydrogen (secondary N) is 2. The zero-order valence-corrected chi connectivity index (χ0v) is 18.0. The van der Waals surface area contributed by atoms with Gasteiger partial charge in [-0.3, -0.25) is 14.2 Å². The number of rotatable bonds is 5. The third-order valence-corrected chi connectivity index (χ3v) is 5.83. The van der Waals surface area contributed by atoms with Crippen molar-refractivity contribution in [2.45, 2.75) is 25.5 Å². The first kappa shape index (κ1) is 20.0. The van der Waals surface area contributed by atoms with Gasteiger partial charge < -0.3 is 15.0 Å². The molecule has 2 aromatic carbocycles. The second-order valence-corrected chi connectivity index (χ2v) is 8.36. The number of fused-ring (bicyclic) bond motifs is 1. The van der Waals surface area contributed by atoms with Crippen molar-refractivity contribution < 1.29 is 9.53 Å². The van der Waals surface area contributed by atoms with Crippen molar-refractivity contribution >= 4 is 45.0 Å². The number of H-pyrrole nitrogens is 1. The Morgan fingerprint density at radius 3 is 2.79 bits per heavy atom. The molecule has 0 radical (unpaired) electrons. The van der Waals surface area contributed by atoms with Gasteiger partial charge >= 0.3 is 0 Å². The standard InChI is InChI=1S/C21H20BrN3O3S/c22-15-7-8-18-17(10-15)20(27)25(21(29)24-18)12-13-3-5-14(6-4-13)19(26)23-11-16-2-1-9-28-16/h3-8,10,16H,1-2,9,11-12H2,(H,23,26)(H,24,29). The maximum Gasteiger partial charge on any atom is 0.262 e. The fourth-order valence-electron chi connectivity index (χ4n) is 3.42. The zero-order chi connectivity index (χ0) is 20.4. The highest BCUT2D eigenvalue weighted by molar-refractivity contribution is 9.10. The van der Waals surface area contributed by atoms with Gasteiger partial charge in [0, 0.05) is 23.2 Å². The summed E-state index contributed by atoms with van der Waals surface area (Å²) >= 11 is 8.77. The summed E-state index contributed by atoms with van der Waals surface area (Å²) in [6.45, 7) is 1.62. The van der Waals surface area contributed by atoms with E-state index in [2.05, 4.69) is 26.2 Å². The van der Waals surface area contributed by atoms with Gasteiger partial charge in [-0.15, -0.1) is 0 Å². The van der Waals surface area contributed by atoms with Crippen LogP contribution in [0.4, 0.5) is 0 Å². The van der Waals surface area contributed by atoms with Gasteiger partial charge in [-0.05, 0) is 61.0 Å². The molecule has 29 heavy (non-hydrogen) atoms. The van der Waals surface area contributed by atoms with Crippen LogP contribution >= 0.6 is 28.1 Å². The first-order chi connectivity index (χ1) is 14.0. The molecule has 1 amide bonds. The molecule has 6 nitrogen and oxygen atoms in total. The average Bonchev–Trinajstić information content (AvgIpc) is 3.24. The Bertz CT molecular complexity index is 1160. The van der Waals surface area contributed by atoms with E-state index in [-0.39, 0.29) is 17.6 Å². The van der Waals surface area contributed by atoms with Gasteiger partial charge in [0.15, 0.2) is 4.77 Å². The average molecular weight is 474 g/mol. The lowest BCUT2D eigenvalue weighted by Crippen LogP contribution is -2.31. The number of halogens is 1. The van der Waals surface area contributed by atoms with Crippen molar-refractivity contribution in [3.8, 4) is 0 Å². The third-order valence-electron chi connectivity index (χ3n) is 5.02. The lowest BCUT2D eigenvalue weighted by atomic mass is 10.1. The van der Waals surface area contributed by atoms with Crippen LogP contribution in [-0.4, -0.2) is 34.7 Å². The van der Waals surface area contributed by atoms with Crippen LogP contribution in [0.15, 0.2) is 51.7 Å². The molecule has 2 N–H and O–H groups in total. The molecule has 0 spiro atoms. The largest absolute Gasteiger partial charge is 0.376 e. The number of aromatic amines is 1. The first-order valence-corrected chi connectivity index (χ1v) is 10.6. The van der Waals surface area contributed by atoms with E-state index in [9.17, 15) is 9.59 Å². The fraction of sp³-hybridized carbons (Fsp3) is 0.286. The van der Waals surface area contributed by atoms with Gasteiger partial charge in [0.25, 0.3) is 11.5 Å². The second-order valence-electron chi connectivity index (χ2n) is 7.05. The zero-order valence-electron chi connectivity index (χ0n) is 15.6. The molecule has 1 atom stereocenters. The molecular weight excluding hydrogens is 454 g/mol. The van der Waals surface area contributed by atoms with Gasteiger partial charge in [0.2, 0.25) is 0 Å². The lowest BCUT2D eigenvalue weighted by Gasteiger charge is -2.11. The van der Waals surface area contributed by atoms with Crippen LogP contribution in [0.25, 0.3) is 10.9 Å². The number of benzene rings is 2. The number of carbonyl (C=O) groups is 1. The number of hydrogen-bond donors (Lipinski definition) is 2. The van der Waals surface area contributed by atoms with Crippen molar-refractivity contribution in [3.05, 3.63) is 73.2 Å². The van der Waals surface area contributed by atoms with Crippen LogP contribution in [-0.2, 0) is 11.3 Å². The van der Waals surface area contributed by atoms with E-state index in [1.165, 1.54) is 4.57 Å². The number of hydrogen-bond acceptors (Lipinski definition) is 4. The summed E-state index contributed by atoms with van der Waals surface area (Å²) in [6.07, 6.45) is 2.14. The number of ether oxygens (including phenoxy) is 1.